The highest BCUT2D eigenvalue weighted by atomic mass is 16.4. The number of carbonyl (C=O) groups excluding carboxylic acids is 1. The maximum atomic E-state index is 12.1. The van der Waals surface area contributed by atoms with E-state index in [1.165, 1.54) is 12.5 Å². The summed E-state index contributed by atoms with van der Waals surface area (Å²) >= 11 is 0. The van der Waals surface area contributed by atoms with Crippen LogP contribution in [0.4, 0.5) is 0 Å². The maximum Gasteiger partial charge on any atom is 0.181 e. The summed E-state index contributed by atoms with van der Waals surface area (Å²) in [7, 11) is 1.70. The van der Waals surface area contributed by atoms with Crippen LogP contribution >= 0.6 is 0 Å². The Hall–Kier alpha value is -2.27. The van der Waals surface area contributed by atoms with Gasteiger partial charge in [-0.15, -0.1) is 0 Å². The second-order valence-electron chi connectivity index (χ2n) is 4.00. The molecule has 92 valence electrons. The van der Waals surface area contributed by atoms with Crippen molar-refractivity contribution in [3.8, 4) is 5.75 Å². The topological polar surface area (TPSA) is 75.6 Å². The van der Waals surface area contributed by atoms with Gasteiger partial charge in [0.05, 0.1) is 30.0 Å². The average molecular weight is 245 g/mol. The first kappa shape index (κ1) is 10.9. The van der Waals surface area contributed by atoms with E-state index in [-0.39, 0.29) is 18.1 Å². The number of carbonyl (C=O) groups is 1. The lowest BCUT2D eigenvalue weighted by Gasteiger charge is -2.05. The zero-order valence-electron chi connectivity index (χ0n) is 9.69. The lowest BCUT2D eigenvalue weighted by atomic mass is 10.0. The minimum absolute atomic E-state index is 0.000224. The third kappa shape index (κ3) is 1.34. The molecule has 0 amide bonds. The van der Waals surface area contributed by atoms with Crippen molar-refractivity contribution in [2.75, 3.05) is 13.6 Å². The Kier molecular flexibility index (Phi) is 2.34. The summed E-state index contributed by atoms with van der Waals surface area (Å²) in [6, 6.07) is 3.27. The number of aromatic hydroxyl groups is 1. The van der Waals surface area contributed by atoms with E-state index in [1.807, 2.05) is 0 Å². The third-order valence-electron chi connectivity index (χ3n) is 2.91. The number of benzene rings is 1. The standard InChI is InChI=1S/C13H11NO4/c1-14-6-9(15)10-7-2-4-18-13(7)11(16)8-3-5-17-12(8)10/h2-5,14,16H,6H2,1H3. The van der Waals surface area contributed by atoms with Crippen LogP contribution in [-0.2, 0) is 0 Å². The van der Waals surface area contributed by atoms with Crippen LogP contribution in [0, 0.1) is 0 Å². The number of phenols is 1. The molecule has 0 saturated carbocycles. The molecule has 0 aliphatic heterocycles. The van der Waals surface area contributed by atoms with Gasteiger partial charge in [-0.3, -0.25) is 4.79 Å². The van der Waals surface area contributed by atoms with Gasteiger partial charge in [0.1, 0.15) is 5.58 Å². The van der Waals surface area contributed by atoms with E-state index in [1.54, 1.807) is 19.2 Å². The fourth-order valence-corrected chi connectivity index (χ4v) is 2.15. The molecule has 0 aliphatic rings. The second-order valence-corrected chi connectivity index (χ2v) is 4.00. The van der Waals surface area contributed by atoms with E-state index in [0.717, 1.165) is 0 Å². The predicted octanol–water partition coefficient (Wildman–Crippen LogP) is 2.29. The molecule has 0 saturated heterocycles. The van der Waals surface area contributed by atoms with Gasteiger partial charge in [-0.2, -0.15) is 0 Å². The van der Waals surface area contributed by atoms with Crippen molar-refractivity contribution >= 4 is 27.7 Å². The van der Waals surface area contributed by atoms with Crippen LogP contribution in [0.15, 0.2) is 33.5 Å². The van der Waals surface area contributed by atoms with Crippen molar-refractivity contribution < 1.29 is 18.7 Å². The molecule has 18 heavy (non-hydrogen) atoms. The smallest absolute Gasteiger partial charge is 0.181 e. The summed E-state index contributed by atoms with van der Waals surface area (Å²) in [6.07, 6.45) is 2.89. The zero-order valence-corrected chi connectivity index (χ0v) is 9.69. The predicted molar refractivity (Wildman–Crippen MR) is 65.9 cm³/mol. The summed E-state index contributed by atoms with van der Waals surface area (Å²) in [5.41, 5.74) is 1.14. The first-order valence-electron chi connectivity index (χ1n) is 5.51. The number of phenolic OH excluding ortho intramolecular Hbond substituents is 1. The Morgan fingerprint density at radius 3 is 2.61 bits per heavy atom. The number of hydrogen-bond donors (Lipinski definition) is 2. The molecular formula is C13H11NO4. The highest BCUT2D eigenvalue weighted by Crippen LogP contribution is 2.38. The quantitative estimate of drug-likeness (QED) is 0.692. The monoisotopic (exact) mass is 245 g/mol. The number of hydrogen-bond acceptors (Lipinski definition) is 5. The first-order valence-corrected chi connectivity index (χ1v) is 5.51. The molecule has 3 rings (SSSR count). The van der Waals surface area contributed by atoms with Crippen LogP contribution in [0.1, 0.15) is 10.4 Å². The molecule has 3 aromatic rings. The lowest BCUT2D eigenvalue weighted by Crippen LogP contribution is -2.18. The lowest BCUT2D eigenvalue weighted by molar-refractivity contribution is 0.0996. The summed E-state index contributed by atoms with van der Waals surface area (Å²) in [5.74, 6) is -0.108. The van der Waals surface area contributed by atoms with Gasteiger partial charge in [0.25, 0.3) is 0 Å². The van der Waals surface area contributed by atoms with Crippen LogP contribution in [0.3, 0.4) is 0 Å². The highest BCUT2D eigenvalue weighted by molar-refractivity contribution is 6.19. The Morgan fingerprint density at radius 2 is 1.89 bits per heavy atom. The molecule has 0 spiro atoms. The van der Waals surface area contributed by atoms with Gasteiger partial charge in [-0.1, -0.05) is 0 Å². The van der Waals surface area contributed by atoms with Crippen molar-refractivity contribution in [2.24, 2.45) is 0 Å². The largest absolute Gasteiger partial charge is 0.504 e. The van der Waals surface area contributed by atoms with Gasteiger partial charge >= 0.3 is 0 Å². The van der Waals surface area contributed by atoms with E-state index in [2.05, 4.69) is 5.32 Å². The zero-order chi connectivity index (χ0) is 12.7. The van der Waals surface area contributed by atoms with Gasteiger partial charge in [-0.25, -0.2) is 0 Å². The van der Waals surface area contributed by atoms with Crippen molar-refractivity contribution in [1.29, 1.82) is 0 Å². The molecule has 0 bridgehead atoms. The molecule has 5 heteroatoms. The van der Waals surface area contributed by atoms with Gasteiger partial charge in [-0.05, 0) is 19.2 Å². The molecule has 0 unspecified atom stereocenters. The summed E-state index contributed by atoms with van der Waals surface area (Å²) in [6.45, 7) is 0.195. The molecule has 0 aliphatic carbocycles. The van der Waals surface area contributed by atoms with Crippen LogP contribution in [0.5, 0.6) is 5.75 Å². The van der Waals surface area contributed by atoms with E-state index in [4.69, 9.17) is 8.83 Å². The van der Waals surface area contributed by atoms with Crippen LogP contribution in [0.25, 0.3) is 21.9 Å². The minimum atomic E-state index is -0.108. The fraction of sp³-hybridized carbons (Fsp3) is 0.154. The third-order valence-corrected chi connectivity index (χ3v) is 2.91. The minimum Gasteiger partial charge on any atom is -0.504 e. The van der Waals surface area contributed by atoms with Gasteiger partial charge in [0, 0.05) is 5.39 Å². The molecule has 1 aromatic carbocycles. The summed E-state index contributed by atoms with van der Waals surface area (Å²) < 4.78 is 10.6. The number of Topliss-reactive ketones (excluding diaryl/α,β-unsaturated/α-hetero) is 1. The fourth-order valence-electron chi connectivity index (χ4n) is 2.15. The number of ketones is 1. The summed E-state index contributed by atoms with van der Waals surface area (Å²) in [5, 5.41) is 13.9. The van der Waals surface area contributed by atoms with E-state index < -0.39 is 0 Å². The van der Waals surface area contributed by atoms with Crippen LogP contribution in [-0.4, -0.2) is 24.5 Å². The van der Waals surface area contributed by atoms with Gasteiger partial charge in [0.15, 0.2) is 17.1 Å². The van der Waals surface area contributed by atoms with E-state index in [0.29, 0.717) is 27.5 Å². The molecular weight excluding hydrogens is 234 g/mol. The molecule has 2 N–H and O–H groups in total. The van der Waals surface area contributed by atoms with Gasteiger partial charge < -0.3 is 19.3 Å². The van der Waals surface area contributed by atoms with Crippen molar-refractivity contribution in [3.05, 3.63) is 30.2 Å². The molecule has 2 heterocycles. The SMILES string of the molecule is CNCC(=O)c1c2ccoc2c(O)c2ccoc12. The highest BCUT2D eigenvalue weighted by Gasteiger charge is 2.22. The van der Waals surface area contributed by atoms with Crippen LogP contribution < -0.4 is 5.32 Å². The normalized spacial score (nSPS) is 11.4. The number of rotatable bonds is 3. The molecule has 0 fully saturated rings. The van der Waals surface area contributed by atoms with E-state index in [9.17, 15) is 9.90 Å². The number of likely N-dealkylation sites (N-methyl/N-ethyl adjacent to an activating group) is 1. The maximum absolute atomic E-state index is 12.1. The van der Waals surface area contributed by atoms with Crippen molar-refractivity contribution in [3.63, 3.8) is 0 Å². The number of nitrogens with one attached hydrogen (secondary N) is 1. The van der Waals surface area contributed by atoms with Gasteiger partial charge in [0.2, 0.25) is 0 Å². The molecule has 0 atom stereocenters. The van der Waals surface area contributed by atoms with E-state index >= 15 is 0 Å². The molecule has 0 radical (unpaired) electrons. The molecule has 5 nitrogen and oxygen atoms in total. The second kappa shape index (κ2) is 3.89. The number of furan rings is 2. The Morgan fingerprint density at radius 1 is 1.22 bits per heavy atom. The number of fused-ring (bicyclic) bond motifs is 2. The molecule has 2 aromatic heterocycles. The first-order chi connectivity index (χ1) is 8.74. The Balaban J connectivity index is 2.43. The average Bonchev–Trinajstić information content (AvgIpc) is 2.97. The Bertz CT molecular complexity index is 686. The van der Waals surface area contributed by atoms with Crippen LogP contribution in [0.2, 0.25) is 0 Å². The summed E-state index contributed by atoms with van der Waals surface area (Å²) in [4.78, 5) is 12.1. The Labute approximate surface area is 102 Å². The van der Waals surface area contributed by atoms with Crippen molar-refractivity contribution in [1.82, 2.24) is 5.32 Å². The van der Waals surface area contributed by atoms with Crippen molar-refractivity contribution in [2.45, 2.75) is 0 Å².